The number of halogens is 1. The Labute approximate surface area is 151 Å². The van der Waals surface area contributed by atoms with Gasteiger partial charge in [-0.05, 0) is 29.7 Å². The van der Waals surface area contributed by atoms with Crippen molar-refractivity contribution in [3.05, 3.63) is 64.7 Å². The van der Waals surface area contributed by atoms with Crippen molar-refractivity contribution in [2.75, 3.05) is 11.9 Å². The molecule has 2 aromatic rings. The highest BCUT2D eigenvalue weighted by atomic mass is 35.5. The summed E-state index contributed by atoms with van der Waals surface area (Å²) in [5.74, 6) is -0.504. The summed E-state index contributed by atoms with van der Waals surface area (Å²) in [6.45, 7) is 1.07. The van der Waals surface area contributed by atoms with Gasteiger partial charge in [-0.1, -0.05) is 48.0 Å². The topological polar surface area (TPSA) is 75.4 Å². The highest BCUT2D eigenvalue weighted by Crippen LogP contribution is 2.24. The van der Waals surface area contributed by atoms with E-state index in [1.165, 1.54) is 5.56 Å². The van der Waals surface area contributed by atoms with Crippen LogP contribution in [-0.4, -0.2) is 29.3 Å². The molecule has 0 fully saturated rings. The Morgan fingerprint density at radius 2 is 1.80 bits per heavy atom. The number of anilines is 1. The van der Waals surface area contributed by atoms with Crippen LogP contribution in [0.15, 0.2) is 48.5 Å². The number of amides is 2. The summed E-state index contributed by atoms with van der Waals surface area (Å²) in [6, 6.07) is 14.7. The number of primary amides is 1. The Kier molecular flexibility index (Phi) is 5.36. The molecule has 0 aromatic heterocycles. The monoisotopic (exact) mass is 357 g/mol. The molecule has 130 valence electrons. The first-order valence-corrected chi connectivity index (χ1v) is 8.57. The lowest BCUT2D eigenvalue weighted by Gasteiger charge is -2.34. The van der Waals surface area contributed by atoms with E-state index in [0.717, 1.165) is 5.56 Å². The number of rotatable bonds is 5. The zero-order valence-corrected chi connectivity index (χ0v) is 14.5. The number of nitrogens with two attached hydrogens (primary N) is 1. The van der Waals surface area contributed by atoms with Gasteiger partial charge in [-0.3, -0.25) is 14.5 Å². The molecule has 1 aliphatic heterocycles. The van der Waals surface area contributed by atoms with E-state index >= 15 is 0 Å². The summed E-state index contributed by atoms with van der Waals surface area (Å²) < 4.78 is 0. The zero-order chi connectivity index (χ0) is 17.8. The molecule has 1 atom stereocenters. The fraction of sp³-hybridized carbons (Fsp3) is 0.263. The molecule has 6 heteroatoms. The largest absolute Gasteiger partial charge is 0.368 e. The quantitative estimate of drug-likeness (QED) is 0.863. The molecule has 25 heavy (non-hydrogen) atoms. The number of para-hydroxylation sites is 1. The number of carbonyl (C=O) groups is 2. The maximum atomic E-state index is 12.2. The van der Waals surface area contributed by atoms with Crippen molar-refractivity contribution in [3.8, 4) is 0 Å². The minimum atomic E-state index is -0.386. The first kappa shape index (κ1) is 17.5. The van der Waals surface area contributed by atoms with Gasteiger partial charge in [0.05, 0.1) is 16.8 Å². The van der Waals surface area contributed by atoms with E-state index in [4.69, 9.17) is 17.3 Å². The summed E-state index contributed by atoms with van der Waals surface area (Å²) >= 11 is 6.05. The number of benzene rings is 2. The molecule has 0 saturated heterocycles. The van der Waals surface area contributed by atoms with Crippen molar-refractivity contribution in [2.24, 2.45) is 5.73 Å². The van der Waals surface area contributed by atoms with Crippen LogP contribution in [0.25, 0.3) is 0 Å². The van der Waals surface area contributed by atoms with Crippen LogP contribution in [0.1, 0.15) is 17.5 Å². The van der Waals surface area contributed by atoms with E-state index in [2.05, 4.69) is 5.32 Å². The summed E-state index contributed by atoms with van der Waals surface area (Å²) in [5, 5.41) is 3.30. The third-order valence-corrected chi connectivity index (χ3v) is 4.78. The molecular weight excluding hydrogens is 338 g/mol. The minimum Gasteiger partial charge on any atom is -0.368 e. The lowest BCUT2D eigenvalue weighted by atomic mass is 9.93. The molecule has 3 rings (SSSR count). The van der Waals surface area contributed by atoms with E-state index in [9.17, 15) is 9.59 Å². The van der Waals surface area contributed by atoms with Crippen LogP contribution in [0, 0.1) is 0 Å². The average molecular weight is 358 g/mol. The number of hydrogen-bond acceptors (Lipinski definition) is 3. The third kappa shape index (κ3) is 4.18. The van der Waals surface area contributed by atoms with E-state index in [-0.39, 0.29) is 24.3 Å². The first-order chi connectivity index (χ1) is 12.0. The van der Waals surface area contributed by atoms with Gasteiger partial charge in [0.25, 0.3) is 0 Å². The predicted molar refractivity (Wildman–Crippen MR) is 98.2 cm³/mol. The van der Waals surface area contributed by atoms with Gasteiger partial charge in [-0.25, -0.2) is 0 Å². The molecule has 1 aliphatic rings. The van der Waals surface area contributed by atoms with Crippen molar-refractivity contribution in [2.45, 2.75) is 25.4 Å². The Hall–Kier alpha value is -2.37. The Morgan fingerprint density at radius 3 is 2.52 bits per heavy atom. The van der Waals surface area contributed by atoms with Crippen LogP contribution < -0.4 is 11.1 Å². The SMILES string of the molecule is NC(=O)[C@@H]1Cc2ccccc2CN1CCC(=O)Nc1ccccc1Cl. The summed E-state index contributed by atoms with van der Waals surface area (Å²) in [6.07, 6.45) is 0.842. The summed E-state index contributed by atoms with van der Waals surface area (Å²) in [5.41, 5.74) is 8.47. The molecule has 5 nitrogen and oxygen atoms in total. The van der Waals surface area contributed by atoms with E-state index in [1.807, 2.05) is 35.2 Å². The highest BCUT2D eigenvalue weighted by molar-refractivity contribution is 6.33. The molecular formula is C19H20ClN3O2. The average Bonchev–Trinajstić information content (AvgIpc) is 2.61. The van der Waals surface area contributed by atoms with Crippen molar-refractivity contribution in [1.29, 1.82) is 0 Å². The predicted octanol–water partition coefficient (Wildman–Crippen LogP) is 2.58. The fourth-order valence-electron chi connectivity index (χ4n) is 3.11. The second kappa shape index (κ2) is 7.68. The van der Waals surface area contributed by atoms with Gasteiger partial charge < -0.3 is 11.1 Å². The third-order valence-electron chi connectivity index (χ3n) is 4.45. The Morgan fingerprint density at radius 1 is 1.12 bits per heavy atom. The lowest BCUT2D eigenvalue weighted by Crippen LogP contribution is -2.49. The molecule has 1 heterocycles. The molecule has 0 bridgehead atoms. The highest BCUT2D eigenvalue weighted by Gasteiger charge is 2.29. The normalized spacial score (nSPS) is 16.9. The van der Waals surface area contributed by atoms with Crippen LogP contribution in [0.4, 0.5) is 5.69 Å². The Bertz CT molecular complexity index is 794. The van der Waals surface area contributed by atoms with E-state index in [1.54, 1.807) is 18.2 Å². The maximum Gasteiger partial charge on any atom is 0.235 e. The van der Waals surface area contributed by atoms with Gasteiger partial charge in [-0.15, -0.1) is 0 Å². The van der Waals surface area contributed by atoms with Gasteiger partial charge >= 0.3 is 0 Å². The van der Waals surface area contributed by atoms with Gasteiger partial charge in [0.2, 0.25) is 11.8 Å². The molecule has 0 aliphatic carbocycles. The number of carbonyl (C=O) groups excluding carboxylic acids is 2. The van der Waals surface area contributed by atoms with Gasteiger partial charge in [0.1, 0.15) is 0 Å². The Balaban J connectivity index is 1.64. The van der Waals surface area contributed by atoms with Crippen molar-refractivity contribution < 1.29 is 9.59 Å². The second-order valence-corrected chi connectivity index (χ2v) is 6.55. The van der Waals surface area contributed by atoms with E-state index < -0.39 is 0 Å². The number of nitrogens with one attached hydrogen (secondary N) is 1. The van der Waals surface area contributed by atoms with Crippen LogP contribution in [0.5, 0.6) is 0 Å². The van der Waals surface area contributed by atoms with Crippen molar-refractivity contribution in [1.82, 2.24) is 4.90 Å². The molecule has 0 unspecified atom stereocenters. The second-order valence-electron chi connectivity index (χ2n) is 6.14. The number of fused-ring (bicyclic) bond motifs is 1. The molecule has 2 amide bonds. The van der Waals surface area contributed by atoms with Gasteiger partial charge in [-0.2, -0.15) is 0 Å². The van der Waals surface area contributed by atoms with Crippen molar-refractivity contribution in [3.63, 3.8) is 0 Å². The molecule has 3 N–H and O–H groups in total. The number of hydrogen-bond donors (Lipinski definition) is 2. The lowest BCUT2D eigenvalue weighted by molar-refractivity contribution is -0.125. The standard InChI is InChI=1S/C19H20ClN3O2/c20-15-7-3-4-8-16(15)22-18(24)9-10-23-12-14-6-2-1-5-13(14)11-17(23)19(21)25/h1-8,17H,9-12H2,(H2,21,25)(H,22,24)/t17-/m0/s1. The van der Waals surface area contributed by atoms with Crippen LogP contribution >= 0.6 is 11.6 Å². The molecule has 0 spiro atoms. The molecule has 0 radical (unpaired) electrons. The fourth-order valence-corrected chi connectivity index (χ4v) is 3.30. The first-order valence-electron chi connectivity index (χ1n) is 8.19. The maximum absolute atomic E-state index is 12.2. The van der Waals surface area contributed by atoms with Gasteiger partial charge in [0, 0.05) is 19.5 Å². The summed E-state index contributed by atoms with van der Waals surface area (Å²) in [4.78, 5) is 26.0. The number of nitrogens with zero attached hydrogens (tertiary/aromatic N) is 1. The van der Waals surface area contributed by atoms with Crippen LogP contribution in [0.3, 0.4) is 0 Å². The van der Waals surface area contributed by atoms with Crippen molar-refractivity contribution >= 4 is 29.1 Å². The molecule has 2 aromatic carbocycles. The summed E-state index contributed by atoms with van der Waals surface area (Å²) in [7, 11) is 0. The zero-order valence-electron chi connectivity index (χ0n) is 13.7. The van der Waals surface area contributed by atoms with E-state index in [0.29, 0.717) is 30.2 Å². The van der Waals surface area contributed by atoms with Crippen LogP contribution in [0.2, 0.25) is 5.02 Å². The minimum absolute atomic E-state index is 0.143. The molecule has 0 saturated carbocycles. The van der Waals surface area contributed by atoms with Crippen LogP contribution in [-0.2, 0) is 22.6 Å². The van der Waals surface area contributed by atoms with Gasteiger partial charge in [0.15, 0.2) is 0 Å². The smallest absolute Gasteiger partial charge is 0.235 e.